The first-order valence-electron chi connectivity index (χ1n) is 4.23. The van der Waals surface area contributed by atoms with Gasteiger partial charge in [-0.2, -0.15) is 5.10 Å². The van der Waals surface area contributed by atoms with Gasteiger partial charge in [0, 0.05) is 16.6 Å². The Balaban J connectivity index is 2.84. The Bertz CT molecular complexity index is 253. The van der Waals surface area contributed by atoms with Crippen molar-refractivity contribution in [2.24, 2.45) is 5.92 Å². The van der Waals surface area contributed by atoms with Crippen molar-refractivity contribution in [3.05, 3.63) is 17.0 Å². The summed E-state index contributed by atoms with van der Waals surface area (Å²) < 4.78 is 0. The van der Waals surface area contributed by atoms with Crippen molar-refractivity contribution in [3.8, 4) is 0 Å². The van der Waals surface area contributed by atoms with E-state index in [2.05, 4.69) is 46.9 Å². The number of aromatic nitrogens is 2. The normalized spacial score (nSPS) is 11.1. The molecule has 3 heteroatoms. The summed E-state index contributed by atoms with van der Waals surface area (Å²) in [6.07, 6.45) is 1.06. The molecule has 0 radical (unpaired) electrons. The van der Waals surface area contributed by atoms with E-state index in [-0.39, 0.29) is 0 Å². The first-order valence-corrected chi connectivity index (χ1v) is 5.36. The van der Waals surface area contributed by atoms with Gasteiger partial charge in [-0.3, -0.25) is 5.10 Å². The number of rotatable bonds is 3. The summed E-state index contributed by atoms with van der Waals surface area (Å²) in [5.41, 5.74) is 3.71. The number of H-pyrrole nitrogens is 1. The van der Waals surface area contributed by atoms with Crippen molar-refractivity contribution in [2.75, 3.05) is 0 Å². The molecule has 0 amide bonds. The molecule has 0 saturated carbocycles. The lowest BCUT2D eigenvalue weighted by Gasteiger charge is -2.02. The number of aryl methyl sites for hydroxylation is 1. The predicted molar refractivity (Wildman–Crippen MR) is 54.5 cm³/mol. The van der Waals surface area contributed by atoms with Crippen LogP contribution in [-0.2, 0) is 11.8 Å². The van der Waals surface area contributed by atoms with Crippen LogP contribution < -0.4 is 0 Å². The number of hydrogen-bond acceptors (Lipinski definition) is 1. The van der Waals surface area contributed by atoms with E-state index in [0.717, 1.165) is 11.8 Å². The largest absolute Gasteiger partial charge is 0.282 e. The van der Waals surface area contributed by atoms with Crippen molar-refractivity contribution in [1.82, 2.24) is 10.2 Å². The minimum Gasteiger partial charge on any atom is -0.282 e. The Morgan fingerprint density at radius 3 is 2.67 bits per heavy atom. The van der Waals surface area contributed by atoms with Crippen LogP contribution in [0.15, 0.2) is 0 Å². The molecule has 0 aliphatic carbocycles. The molecule has 1 N–H and O–H groups in total. The maximum Gasteiger partial charge on any atom is 0.0667 e. The molecule has 0 bridgehead atoms. The fraction of sp³-hybridized carbons (Fsp3) is 0.667. The van der Waals surface area contributed by atoms with E-state index in [1.54, 1.807) is 0 Å². The van der Waals surface area contributed by atoms with Crippen LogP contribution in [0.3, 0.4) is 0 Å². The lowest BCUT2D eigenvalue weighted by molar-refractivity contribution is 0.631. The van der Waals surface area contributed by atoms with Crippen molar-refractivity contribution in [2.45, 2.75) is 32.5 Å². The molecule has 0 spiro atoms. The number of nitrogens with zero attached hydrogens (tertiary/aromatic N) is 1. The van der Waals surface area contributed by atoms with Crippen molar-refractivity contribution in [3.63, 3.8) is 0 Å². The first kappa shape index (κ1) is 9.78. The molecule has 0 unspecified atom stereocenters. The summed E-state index contributed by atoms with van der Waals surface area (Å²) in [4.78, 5) is 0. The standard InChI is InChI=1S/C9H15BrN2/c1-6(2)4-9-8(5-10)7(3)11-12-9/h6H,4-5H2,1-3H3,(H,11,12). The monoisotopic (exact) mass is 230 g/mol. The number of nitrogens with one attached hydrogen (secondary N) is 1. The zero-order chi connectivity index (χ0) is 9.14. The van der Waals surface area contributed by atoms with Crippen LogP contribution in [0.4, 0.5) is 0 Å². The van der Waals surface area contributed by atoms with E-state index >= 15 is 0 Å². The summed E-state index contributed by atoms with van der Waals surface area (Å²) in [7, 11) is 0. The third-order valence-electron chi connectivity index (χ3n) is 1.89. The lowest BCUT2D eigenvalue weighted by Crippen LogP contribution is -1.97. The Kier molecular flexibility index (Phi) is 3.32. The first-order chi connectivity index (χ1) is 5.65. The molecule has 0 atom stereocenters. The molecular weight excluding hydrogens is 216 g/mol. The van der Waals surface area contributed by atoms with Gasteiger partial charge in [-0.05, 0) is 19.3 Å². The van der Waals surface area contributed by atoms with Crippen LogP contribution in [0.25, 0.3) is 0 Å². The second kappa shape index (κ2) is 4.08. The molecule has 0 aliphatic heterocycles. The van der Waals surface area contributed by atoms with E-state index in [1.165, 1.54) is 17.0 Å². The third kappa shape index (κ3) is 2.09. The SMILES string of the molecule is Cc1[nH]nc(CC(C)C)c1CBr. The average Bonchev–Trinajstić information content (AvgIpc) is 2.30. The van der Waals surface area contributed by atoms with Crippen molar-refractivity contribution < 1.29 is 0 Å². The molecule has 68 valence electrons. The smallest absolute Gasteiger partial charge is 0.0667 e. The fourth-order valence-corrected chi connectivity index (χ4v) is 1.98. The van der Waals surface area contributed by atoms with Gasteiger partial charge in [-0.25, -0.2) is 0 Å². The molecule has 1 heterocycles. The average molecular weight is 231 g/mol. The molecule has 0 aromatic carbocycles. The zero-order valence-corrected chi connectivity index (χ0v) is 9.40. The highest BCUT2D eigenvalue weighted by atomic mass is 79.9. The second-order valence-electron chi connectivity index (χ2n) is 3.51. The van der Waals surface area contributed by atoms with Gasteiger partial charge in [0.15, 0.2) is 0 Å². The fourth-order valence-electron chi connectivity index (χ4n) is 1.24. The van der Waals surface area contributed by atoms with Crippen LogP contribution in [-0.4, -0.2) is 10.2 Å². The molecule has 1 rings (SSSR count). The van der Waals surface area contributed by atoms with Crippen LogP contribution in [0.5, 0.6) is 0 Å². The Labute approximate surface area is 81.9 Å². The number of aromatic amines is 1. The lowest BCUT2D eigenvalue weighted by atomic mass is 10.0. The minimum absolute atomic E-state index is 0.672. The van der Waals surface area contributed by atoms with Crippen LogP contribution >= 0.6 is 15.9 Å². The highest BCUT2D eigenvalue weighted by Gasteiger charge is 2.09. The van der Waals surface area contributed by atoms with Crippen LogP contribution in [0.2, 0.25) is 0 Å². The molecular formula is C9H15BrN2. The Hall–Kier alpha value is -0.310. The van der Waals surface area contributed by atoms with Crippen LogP contribution in [0, 0.1) is 12.8 Å². The van der Waals surface area contributed by atoms with Gasteiger partial charge in [0.25, 0.3) is 0 Å². The molecule has 1 aromatic heterocycles. The summed E-state index contributed by atoms with van der Waals surface area (Å²) in [6.45, 7) is 6.48. The summed E-state index contributed by atoms with van der Waals surface area (Å²) >= 11 is 3.47. The Morgan fingerprint density at radius 1 is 1.50 bits per heavy atom. The molecule has 0 fully saturated rings. The van der Waals surface area contributed by atoms with E-state index in [0.29, 0.717) is 5.92 Å². The summed E-state index contributed by atoms with van der Waals surface area (Å²) in [5, 5.41) is 8.19. The summed E-state index contributed by atoms with van der Waals surface area (Å²) in [5.74, 6) is 0.672. The molecule has 1 aromatic rings. The molecule has 12 heavy (non-hydrogen) atoms. The second-order valence-corrected chi connectivity index (χ2v) is 4.07. The Morgan fingerprint density at radius 2 is 2.17 bits per heavy atom. The van der Waals surface area contributed by atoms with Gasteiger partial charge < -0.3 is 0 Å². The minimum atomic E-state index is 0.672. The quantitative estimate of drug-likeness (QED) is 0.796. The number of hydrogen-bond donors (Lipinski definition) is 1. The van der Waals surface area contributed by atoms with Gasteiger partial charge in [0.2, 0.25) is 0 Å². The van der Waals surface area contributed by atoms with E-state index in [9.17, 15) is 0 Å². The van der Waals surface area contributed by atoms with E-state index < -0.39 is 0 Å². The number of alkyl halides is 1. The van der Waals surface area contributed by atoms with Crippen LogP contribution in [0.1, 0.15) is 30.8 Å². The van der Waals surface area contributed by atoms with Gasteiger partial charge in [0.05, 0.1) is 5.69 Å². The number of halogens is 1. The maximum atomic E-state index is 4.27. The van der Waals surface area contributed by atoms with Crippen molar-refractivity contribution in [1.29, 1.82) is 0 Å². The topological polar surface area (TPSA) is 28.7 Å². The molecule has 0 aliphatic rings. The third-order valence-corrected chi connectivity index (χ3v) is 2.46. The van der Waals surface area contributed by atoms with Gasteiger partial charge >= 0.3 is 0 Å². The maximum absolute atomic E-state index is 4.27. The van der Waals surface area contributed by atoms with Gasteiger partial charge in [-0.15, -0.1) is 0 Å². The summed E-state index contributed by atoms with van der Waals surface area (Å²) in [6, 6.07) is 0. The molecule has 0 saturated heterocycles. The van der Waals surface area contributed by atoms with E-state index in [4.69, 9.17) is 0 Å². The highest BCUT2D eigenvalue weighted by molar-refractivity contribution is 9.08. The van der Waals surface area contributed by atoms with E-state index in [1.807, 2.05) is 0 Å². The van der Waals surface area contributed by atoms with Gasteiger partial charge in [-0.1, -0.05) is 29.8 Å². The van der Waals surface area contributed by atoms with Crippen molar-refractivity contribution >= 4 is 15.9 Å². The zero-order valence-electron chi connectivity index (χ0n) is 7.82. The predicted octanol–water partition coefficient (Wildman–Crippen LogP) is 2.81. The highest BCUT2D eigenvalue weighted by Crippen LogP contribution is 2.17. The molecule has 2 nitrogen and oxygen atoms in total. The van der Waals surface area contributed by atoms with Gasteiger partial charge in [0.1, 0.15) is 0 Å².